The van der Waals surface area contributed by atoms with Crippen molar-refractivity contribution in [2.45, 2.75) is 65.0 Å². The van der Waals surface area contributed by atoms with Crippen LogP contribution in [0, 0.1) is 0 Å². The second-order valence-electron chi connectivity index (χ2n) is 5.49. The molecule has 0 spiro atoms. The molecule has 0 heterocycles. The first-order valence-corrected chi connectivity index (χ1v) is 7.26. The molecule has 0 saturated heterocycles. The minimum absolute atomic E-state index is 0.0738. The summed E-state index contributed by atoms with van der Waals surface area (Å²) in [5, 5.41) is 8.68. The predicted octanol–water partition coefficient (Wildman–Crippen LogP) is 2.56. The molecule has 0 radical (unpaired) electrons. The lowest BCUT2D eigenvalue weighted by molar-refractivity contribution is -0.137. The highest BCUT2D eigenvalue weighted by Gasteiger charge is 2.34. The van der Waals surface area contributed by atoms with Gasteiger partial charge in [0.05, 0.1) is 0 Å². The second-order valence-corrected chi connectivity index (χ2v) is 5.49. The fraction of sp³-hybridized carbons (Fsp3) is 0.857. The monoisotopic (exact) mass is 270 g/mol. The Bertz CT molecular complexity index is 314. The zero-order valence-electron chi connectivity index (χ0n) is 12.3. The Hall–Kier alpha value is -1.26. The molecule has 1 fully saturated rings. The maximum atomic E-state index is 12.5. The molecule has 5 heteroatoms. The minimum Gasteiger partial charge on any atom is -0.481 e. The Morgan fingerprint density at radius 1 is 1.26 bits per heavy atom. The molecule has 0 atom stereocenters. The fourth-order valence-electron chi connectivity index (χ4n) is 2.20. The Labute approximate surface area is 115 Å². The summed E-state index contributed by atoms with van der Waals surface area (Å²) in [5.41, 5.74) is 0. The van der Waals surface area contributed by atoms with Crippen molar-refractivity contribution in [2.24, 2.45) is 0 Å². The molecule has 19 heavy (non-hydrogen) atoms. The maximum absolute atomic E-state index is 12.5. The van der Waals surface area contributed by atoms with Gasteiger partial charge in [0.15, 0.2) is 0 Å². The van der Waals surface area contributed by atoms with Gasteiger partial charge in [-0.2, -0.15) is 0 Å². The maximum Gasteiger partial charge on any atom is 0.320 e. The summed E-state index contributed by atoms with van der Waals surface area (Å²) in [6, 6.07) is 0.595. The zero-order valence-corrected chi connectivity index (χ0v) is 12.3. The molecule has 1 N–H and O–H groups in total. The van der Waals surface area contributed by atoms with E-state index in [1.165, 1.54) is 0 Å². The molecule has 0 aliphatic heterocycles. The number of aliphatic carboxylic acids is 1. The van der Waals surface area contributed by atoms with Crippen LogP contribution in [0.4, 0.5) is 4.79 Å². The van der Waals surface area contributed by atoms with Crippen LogP contribution in [0.5, 0.6) is 0 Å². The summed E-state index contributed by atoms with van der Waals surface area (Å²) >= 11 is 0. The van der Waals surface area contributed by atoms with Gasteiger partial charge in [0.2, 0.25) is 0 Å². The number of nitrogens with zero attached hydrogens (tertiary/aromatic N) is 2. The molecule has 1 saturated carbocycles. The molecule has 110 valence electrons. The summed E-state index contributed by atoms with van der Waals surface area (Å²) in [6.07, 6.45) is 3.81. The molecule has 1 aliphatic carbocycles. The molecule has 0 aromatic carbocycles. The van der Waals surface area contributed by atoms with Crippen molar-refractivity contribution in [3.63, 3.8) is 0 Å². The number of carbonyl (C=O) groups excluding carboxylic acids is 1. The van der Waals surface area contributed by atoms with Crippen LogP contribution in [0.2, 0.25) is 0 Å². The van der Waals surface area contributed by atoms with Gasteiger partial charge < -0.3 is 14.9 Å². The molecule has 0 aromatic rings. The van der Waals surface area contributed by atoms with E-state index in [-0.39, 0.29) is 18.5 Å². The number of carboxylic acid groups (broad SMARTS) is 1. The lowest BCUT2D eigenvalue weighted by Crippen LogP contribution is -2.48. The predicted molar refractivity (Wildman–Crippen MR) is 74.1 cm³/mol. The van der Waals surface area contributed by atoms with Gasteiger partial charge in [0, 0.05) is 31.6 Å². The van der Waals surface area contributed by atoms with Crippen molar-refractivity contribution < 1.29 is 14.7 Å². The molecular formula is C14H26N2O3. The standard InChI is InChI=1S/C14H26N2O3/c1-4-9-16(12-7-8-12)14(19)15(11(2)3)10-5-6-13(17)18/h11-12H,4-10H2,1-3H3,(H,17,18). The van der Waals surface area contributed by atoms with Crippen LogP contribution >= 0.6 is 0 Å². The summed E-state index contributed by atoms with van der Waals surface area (Å²) in [5.74, 6) is -0.802. The number of carbonyl (C=O) groups is 2. The molecule has 5 nitrogen and oxygen atoms in total. The number of urea groups is 1. The minimum atomic E-state index is -0.802. The summed E-state index contributed by atoms with van der Waals surface area (Å²) in [7, 11) is 0. The summed E-state index contributed by atoms with van der Waals surface area (Å²) in [4.78, 5) is 26.9. The highest BCUT2D eigenvalue weighted by molar-refractivity contribution is 5.75. The van der Waals surface area contributed by atoms with E-state index in [1.807, 2.05) is 18.7 Å². The number of rotatable bonds is 8. The van der Waals surface area contributed by atoms with E-state index >= 15 is 0 Å². The molecule has 1 rings (SSSR count). The van der Waals surface area contributed by atoms with Crippen LogP contribution < -0.4 is 0 Å². The molecular weight excluding hydrogens is 244 g/mol. The van der Waals surface area contributed by atoms with Crippen LogP contribution in [-0.2, 0) is 4.79 Å². The van der Waals surface area contributed by atoms with E-state index in [1.54, 1.807) is 4.90 Å². The smallest absolute Gasteiger partial charge is 0.320 e. The molecule has 0 aromatic heterocycles. The van der Waals surface area contributed by atoms with E-state index in [0.717, 1.165) is 25.8 Å². The SMILES string of the molecule is CCCN(C(=O)N(CCCC(=O)O)C(C)C)C1CC1. The Kier molecular flexibility index (Phi) is 6.12. The van der Waals surface area contributed by atoms with Gasteiger partial charge in [0.25, 0.3) is 0 Å². The van der Waals surface area contributed by atoms with Gasteiger partial charge in [-0.3, -0.25) is 4.79 Å². The quantitative estimate of drug-likeness (QED) is 0.737. The Balaban J connectivity index is 2.57. The average Bonchev–Trinajstić information content (AvgIpc) is 3.14. The third-order valence-electron chi connectivity index (χ3n) is 3.36. The lowest BCUT2D eigenvalue weighted by atomic mass is 10.2. The van der Waals surface area contributed by atoms with Gasteiger partial charge >= 0.3 is 12.0 Å². The third kappa shape index (κ3) is 5.09. The normalized spacial score (nSPS) is 14.5. The topological polar surface area (TPSA) is 60.9 Å². The molecule has 1 aliphatic rings. The number of hydrogen-bond donors (Lipinski definition) is 1. The fourth-order valence-corrected chi connectivity index (χ4v) is 2.20. The van der Waals surface area contributed by atoms with E-state index in [2.05, 4.69) is 6.92 Å². The third-order valence-corrected chi connectivity index (χ3v) is 3.36. The van der Waals surface area contributed by atoms with Crippen LogP contribution in [0.15, 0.2) is 0 Å². The summed E-state index contributed by atoms with van der Waals surface area (Å²) in [6.45, 7) is 7.36. The van der Waals surface area contributed by atoms with Gasteiger partial charge in [-0.15, -0.1) is 0 Å². The van der Waals surface area contributed by atoms with Crippen molar-refractivity contribution in [2.75, 3.05) is 13.1 Å². The van der Waals surface area contributed by atoms with E-state index in [0.29, 0.717) is 19.0 Å². The van der Waals surface area contributed by atoms with E-state index < -0.39 is 5.97 Å². The molecule has 0 unspecified atom stereocenters. The molecule has 2 amide bonds. The summed E-state index contributed by atoms with van der Waals surface area (Å²) < 4.78 is 0. The largest absolute Gasteiger partial charge is 0.481 e. The molecule has 0 bridgehead atoms. The second kappa shape index (κ2) is 7.36. The van der Waals surface area contributed by atoms with Gasteiger partial charge in [-0.1, -0.05) is 6.92 Å². The first kappa shape index (κ1) is 15.8. The van der Waals surface area contributed by atoms with Crippen LogP contribution in [0.25, 0.3) is 0 Å². The van der Waals surface area contributed by atoms with Crippen molar-refractivity contribution >= 4 is 12.0 Å². The Morgan fingerprint density at radius 2 is 1.89 bits per heavy atom. The van der Waals surface area contributed by atoms with Crippen LogP contribution in [0.1, 0.15) is 52.9 Å². The van der Waals surface area contributed by atoms with E-state index in [4.69, 9.17) is 5.11 Å². The highest BCUT2D eigenvalue weighted by Crippen LogP contribution is 2.28. The van der Waals surface area contributed by atoms with Crippen LogP contribution in [-0.4, -0.2) is 52.1 Å². The highest BCUT2D eigenvalue weighted by atomic mass is 16.4. The van der Waals surface area contributed by atoms with Gasteiger partial charge in [0.1, 0.15) is 0 Å². The van der Waals surface area contributed by atoms with Crippen molar-refractivity contribution in [1.82, 2.24) is 9.80 Å². The Morgan fingerprint density at radius 3 is 2.32 bits per heavy atom. The van der Waals surface area contributed by atoms with Crippen molar-refractivity contribution in [3.05, 3.63) is 0 Å². The number of hydrogen-bond acceptors (Lipinski definition) is 2. The number of carboxylic acids is 1. The van der Waals surface area contributed by atoms with Gasteiger partial charge in [-0.25, -0.2) is 4.79 Å². The number of amides is 2. The first-order valence-electron chi connectivity index (χ1n) is 7.26. The lowest BCUT2D eigenvalue weighted by Gasteiger charge is -2.33. The van der Waals surface area contributed by atoms with Crippen LogP contribution in [0.3, 0.4) is 0 Å². The van der Waals surface area contributed by atoms with Crippen molar-refractivity contribution in [3.8, 4) is 0 Å². The van der Waals surface area contributed by atoms with Crippen molar-refractivity contribution in [1.29, 1.82) is 0 Å². The van der Waals surface area contributed by atoms with E-state index in [9.17, 15) is 9.59 Å². The first-order chi connectivity index (χ1) is 8.97. The van der Waals surface area contributed by atoms with Gasteiger partial charge in [-0.05, 0) is 39.5 Å². The zero-order chi connectivity index (χ0) is 14.4. The average molecular weight is 270 g/mol.